The Morgan fingerprint density at radius 2 is 1.71 bits per heavy atom. The van der Waals surface area contributed by atoms with Crippen LogP contribution in [0.2, 0.25) is 0 Å². The molecule has 2 aliphatic rings. The van der Waals surface area contributed by atoms with Crippen LogP contribution < -0.4 is 15.5 Å². The number of fused-ring (bicyclic) bond motifs is 1. The van der Waals surface area contributed by atoms with Crippen LogP contribution in [0.4, 0.5) is 48.3 Å². The van der Waals surface area contributed by atoms with Gasteiger partial charge in [-0.15, -0.1) is 5.10 Å². The van der Waals surface area contributed by atoms with E-state index in [0.29, 0.717) is 41.4 Å². The number of carboxylic acid groups (broad SMARTS) is 1. The van der Waals surface area contributed by atoms with Crippen LogP contribution in [0.15, 0.2) is 18.2 Å². The third-order valence-corrected chi connectivity index (χ3v) is 6.44. The monoisotopic (exact) mass is 653 g/mol. The first-order valence-electron chi connectivity index (χ1n) is 12.9. The minimum absolute atomic E-state index is 0.0228. The van der Waals surface area contributed by atoms with Gasteiger partial charge in [-0.05, 0) is 19.1 Å². The lowest BCUT2D eigenvalue weighted by Crippen LogP contribution is -2.52. The largest absolute Gasteiger partial charge is 0.490 e. The Morgan fingerprint density at radius 1 is 1.09 bits per heavy atom. The van der Waals surface area contributed by atoms with Crippen molar-refractivity contribution in [2.75, 3.05) is 49.5 Å². The van der Waals surface area contributed by atoms with E-state index in [2.05, 4.69) is 15.7 Å². The molecule has 246 valence electrons. The Labute approximate surface area is 248 Å². The van der Waals surface area contributed by atoms with Crippen LogP contribution in [0.3, 0.4) is 0 Å². The Kier molecular flexibility index (Phi) is 10.6. The number of ether oxygens (including phenoxy) is 1. The van der Waals surface area contributed by atoms with Crippen molar-refractivity contribution in [2.45, 2.75) is 32.2 Å². The summed E-state index contributed by atoms with van der Waals surface area (Å²) in [5.41, 5.74) is 0.646. The number of nitrogens with zero attached hydrogens (tertiary/aromatic N) is 5. The Morgan fingerprint density at radius 3 is 2.24 bits per heavy atom. The van der Waals surface area contributed by atoms with Gasteiger partial charge in [-0.3, -0.25) is 19.7 Å². The molecule has 0 radical (unpaired) electrons. The van der Waals surface area contributed by atoms with Crippen molar-refractivity contribution in [3.8, 4) is 0 Å². The Bertz CT molecular complexity index is 1470. The number of benzene rings is 1. The van der Waals surface area contributed by atoms with E-state index >= 15 is 0 Å². The molecule has 0 spiro atoms. The number of nitro benzene ring substituents is 1. The van der Waals surface area contributed by atoms with Crippen LogP contribution in [0.5, 0.6) is 0 Å². The van der Waals surface area contributed by atoms with Crippen molar-refractivity contribution < 1.29 is 60.3 Å². The molecule has 0 saturated carbocycles. The summed E-state index contributed by atoms with van der Waals surface area (Å²) in [4.78, 5) is 59.0. The zero-order chi connectivity index (χ0) is 33.7. The van der Waals surface area contributed by atoms with Crippen molar-refractivity contribution in [1.29, 1.82) is 0 Å². The van der Waals surface area contributed by atoms with Crippen molar-refractivity contribution in [1.82, 2.24) is 20.0 Å². The van der Waals surface area contributed by atoms with Crippen LogP contribution >= 0.6 is 0 Å². The van der Waals surface area contributed by atoms with Gasteiger partial charge in [-0.2, -0.15) is 31.0 Å². The third kappa shape index (κ3) is 8.37. The molecule has 2 aliphatic heterocycles. The summed E-state index contributed by atoms with van der Waals surface area (Å²) in [6, 6.07) is 3.84. The number of hydrogen-bond donors (Lipinski definition) is 3. The van der Waals surface area contributed by atoms with Crippen molar-refractivity contribution in [2.24, 2.45) is 0 Å². The van der Waals surface area contributed by atoms with E-state index in [1.165, 1.54) is 12.1 Å². The highest BCUT2D eigenvalue weighted by Crippen LogP contribution is 2.29. The summed E-state index contributed by atoms with van der Waals surface area (Å²) in [7, 11) is 0. The fourth-order valence-corrected chi connectivity index (χ4v) is 4.37. The Balaban J connectivity index is 0.000000707. The first-order chi connectivity index (χ1) is 20.9. The number of anilines is 2. The van der Waals surface area contributed by atoms with Gasteiger partial charge in [0.05, 0.1) is 17.2 Å². The van der Waals surface area contributed by atoms with Gasteiger partial charge in [0.1, 0.15) is 5.56 Å². The molecule has 3 N–H and O–H groups in total. The molecule has 1 fully saturated rings. The molecule has 15 nitrogen and oxygen atoms in total. The molecule has 4 rings (SSSR count). The average Bonchev–Trinajstić information content (AvgIpc) is 3.34. The molecule has 45 heavy (non-hydrogen) atoms. The summed E-state index contributed by atoms with van der Waals surface area (Å²) in [6.45, 7) is 2.28. The molecule has 0 aliphatic carbocycles. The molecule has 1 saturated heterocycles. The van der Waals surface area contributed by atoms with Crippen LogP contribution in [-0.2, 0) is 27.3 Å². The number of carbonyl (C=O) groups excluding carboxylic acids is 3. The summed E-state index contributed by atoms with van der Waals surface area (Å²) in [5, 5.41) is 28.7. The van der Waals surface area contributed by atoms with E-state index in [1.54, 1.807) is 11.8 Å². The van der Waals surface area contributed by atoms with Gasteiger partial charge in [0.25, 0.3) is 11.6 Å². The fraction of sp³-hybridized carbons (Fsp3) is 0.458. The van der Waals surface area contributed by atoms with E-state index < -0.39 is 46.8 Å². The number of alkyl halides is 6. The van der Waals surface area contributed by atoms with Gasteiger partial charge < -0.3 is 30.3 Å². The minimum Gasteiger partial charge on any atom is -0.475 e. The highest BCUT2D eigenvalue weighted by atomic mass is 19.4. The number of nitro groups is 1. The summed E-state index contributed by atoms with van der Waals surface area (Å²) in [6.07, 6.45) is -10.3. The van der Waals surface area contributed by atoms with E-state index in [0.717, 1.165) is 10.7 Å². The number of carboxylic acids is 1. The summed E-state index contributed by atoms with van der Waals surface area (Å²) < 4.78 is 75.9. The van der Waals surface area contributed by atoms with Gasteiger partial charge >= 0.3 is 30.3 Å². The summed E-state index contributed by atoms with van der Waals surface area (Å²) in [5.74, 6) is -5.45. The topological polar surface area (TPSA) is 189 Å². The van der Waals surface area contributed by atoms with E-state index in [4.69, 9.17) is 14.6 Å². The van der Waals surface area contributed by atoms with E-state index in [-0.39, 0.29) is 44.2 Å². The van der Waals surface area contributed by atoms with Gasteiger partial charge in [0.2, 0.25) is 0 Å². The number of piperazine rings is 1. The zero-order valence-corrected chi connectivity index (χ0v) is 23.2. The van der Waals surface area contributed by atoms with Gasteiger partial charge in [0, 0.05) is 63.0 Å². The molecule has 0 bridgehead atoms. The molecule has 1 aromatic carbocycles. The van der Waals surface area contributed by atoms with Crippen molar-refractivity contribution >= 4 is 41.1 Å². The quantitative estimate of drug-likeness (QED) is 0.244. The predicted molar refractivity (Wildman–Crippen MR) is 140 cm³/mol. The second-order valence-electron chi connectivity index (χ2n) is 9.30. The van der Waals surface area contributed by atoms with Crippen LogP contribution in [-0.4, -0.2) is 100 Å². The minimum atomic E-state index is -5.08. The molecule has 2 amide bonds. The third-order valence-electron chi connectivity index (χ3n) is 6.44. The van der Waals surface area contributed by atoms with Crippen LogP contribution in [0.1, 0.15) is 28.5 Å². The second-order valence-corrected chi connectivity index (χ2v) is 9.30. The molecule has 3 heterocycles. The number of rotatable bonds is 5. The lowest BCUT2D eigenvalue weighted by molar-refractivity contribution is -0.385. The lowest BCUT2D eigenvalue weighted by atomic mass is 10.1. The molecule has 21 heteroatoms. The Hall–Kier alpha value is -4.95. The number of nitrogens with one attached hydrogen (secondary N) is 2. The van der Waals surface area contributed by atoms with Crippen LogP contribution in [0, 0.1) is 10.1 Å². The first-order valence-corrected chi connectivity index (χ1v) is 12.9. The van der Waals surface area contributed by atoms with Crippen molar-refractivity contribution in [3.63, 3.8) is 0 Å². The van der Waals surface area contributed by atoms with Gasteiger partial charge in [-0.1, -0.05) is 0 Å². The smallest absolute Gasteiger partial charge is 0.475 e. The highest BCUT2D eigenvalue weighted by molar-refractivity contribution is 6.07. The number of carbonyl (C=O) groups is 4. The molecule has 0 unspecified atom stereocenters. The number of halogens is 6. The maximum absolute atomic E-state index is 13.1. The second kappa shape index (κ2) is 13.8. The number of aliphatic carboxylic acids is 1. The predicted octanol–water partition coefficient (Wildman–Crippen LogP) is 2.54. The van der Waals surface area contributed by atoms with Crippen LogP contribution in [0.25, 0.3) is 0 Å². The summed E-state index contributed by atoms with van der Waals surface area (Å²) >= 11 is 0. The molecular formula is C24H25F6N7O8. The number of aromatic nitrogens is 2. The van der Waals surface area contributed by atoms with Gasteiger partial charge in [-0.25, -0.2) is 9.59 Å². The zero-order valence-electron chi connectivity index (χ0n) is 23.2. The SMILES string of the molecule is CCOC(=O)n1nc(NC(=O)c2ccc(N3CCN(C(=O)C(F)(F)F)CC3)cc2[N+](=O)[O-])c2c1CCNC2.O=C(O)C(F)(F)F. The maximum atomic E-state index is 13.1. The molecule has 0 atom stereocenters. The normalized spacial score (nSPS) is 14.9. The first kappa shape index (κ1) is 34.5. The highest BCUT2D eigenvalue weighted by Gasteiger charge is 2.43. The number of amides is 2. The molecule has 1 aromatic heterocycles. The van der Waals surface area contributed by atoms with E-state index in [9.17, 15) is 50.8 Å². The lowest BCUT2D eigenvalue weighted by Gasteiger charge is -2.36. The van der Waals surface area contributed by atoms with Crippen molar-refractivity contribution in [3.05, 3.63) is 45.1 Å². The maximum Gasteiger partial charge on any atom is 0.490 e. The molecular weight excluding hydrogens is 628 g/mol. The average molecular weight is 653 g/mol. The molecule has 2 aromatic rings. The standard InChI is InChI=1S/C22H24F3N7O6.C2HF3O2/c1-2-38-21(35)31-16-5-6-26-12-15(16)18(28-31)27-19(33)14-4-3-13(11-17(14)32(36)37)29-7-9-30(10-8-29)20(34)22(23,24)25;3-2(4,5)1(6)7/h3-4,11,26H,2,5-10,12H2,1H3,(H,27,28,33);(H,6,7). The number of hydrogen-bond acceptors (Lipinski definition) is 10. The fourth-order valence-electron chi connectivity index (χ4n) is 4.37. The van der Waals surface area contributed by atoms with Gasteiger partial charge in [0.15, 0.2) is 5.82 Å². The van der Waals surface area contributed by atoms with E-state index in [1.807, 2.05) is 0 Å².